The van der Waals surface area contributed by atoms with Gasteiger partial charge in [-0.1, -0.05) is 33.2 Å². The van der Waals surface area contributed by atoms with Gasteiger partial charge in [-0.2, -0.15) is 4.98 Å². The minimum atomic E-state index is 0.333. The molecule has 0 saturated carbocycles. The summed E-state index contributed by atoms with van der Waals surface area (Å²) in [6.45, 7) is 1.82. The molecule has 0 bridgehead atoms. The summed E-state index contributed by atoms with van der Waals surface area (Å²) in [5.41, 5.74) is 1.59. The predicted molar refractivity (Wildman–Crippen MR) is 67.7 cm³/mol. The lowest BCUT2D eigenvalue weighted by atomic mass is 10.2. The Morgan fingerprint density at radius 2 is 2.17 bits per heavy atom. The van der Waals surface area contributed by atoms with E-state index in [1.807, 2.05) is 31.2 Å². The van der Waals surface area contributed by atoms with E-state index < -0.39 is 0 Å². The number of halogens is 1. The van der Waals surface area contributed by atoms with Crippen LogP contribution in [-0.2, 0) is 0 Å². The predicted octanol–water partition coefficient (Wildman–Crippen LogP) is 3.46. The van der Waals surface area contributed by atoms with Crippen molar-refractivity contribution in [1.29, 1.82) is 0 Å². The Kier molecular flexibility index (Phi) is 2.71. The second-order valence-electron chi connectivity index (χ2n) is 3.70. The molecule has 0 amide bonds. The van der Waals surface area contributed by atoms with Gasteiger partial charge in [0.1, 0.15) is 0 Å². The van der Waals surface area contributed by atoms with Crippen molar-refractivity contribution in [3.8, 4) is 23.0 Å². The monoisotopic (exact) mass is 305 g/mol. The van der Waals surface area contributed by atoms with Crippen LogP contribution in [0.15, 0.2) is 44.1 Å². The number of oxazole rings is 1. The average Bonchev–Trinajstić information content (AvgIpc) is 2.97. The number of aromatic nitrogens is 3. The van der Waals surface area contributed by atoms with Gasteiger partial charge in [-0.3, -0.25) is 0 Å². The Bertz CT molecular complexity index is 690. The van der Waals surface area contributed by atoms with Crippen molar-refractivity contribution in [2.45, 2.75) is 6.92 Å². The quantitative estimate of drug-likeness (QED) is 0.725. The maximum absolute atomic E-state index is 5.21. The summed E-state index contributed by atoms with van der Waals surface area (Å²) in [5, 5.41) is 3.93. The minimum absolute atomic E-state index is 0.333. The highest BCUT2D eigenvalue weighted by Gasteiger charge is 2.16. The molecule has 18 heavy (non-hydrogen) atoms. The fraction of sp³-hybridized carbons (Fsp3) is 0.0833. The van der Waals surface area contributed by atoms with Crippen LogP contribution in [0.1, 0.15) is 5.69 Å². The van der Waals surface area contributed by atoms with Crippen LogP contribution in [0, 0.1) is 6.92 Å². The molecule has 3 aromatic rings. The summed E-state index contributed by atoms with van der Waals surface area (Å²) >= 11 is 3.40. The third kappa shape index (κ3) is 1.95. The zero-order chi connectivity index (χ0) is 12.5. The van der Waals surface area contributed by atoms with Crippen LogP contribution in [0.2, 0.25) is 0 Å². The van der Waals surface area contributed by atoms with Crippen molar-refractivity contribution in [2.24, 2.45) is 0 Å². The molecule has 0 saturated heterocycles. The lowest BCUT2D eigenvalue weighted by molar-refractivity contribution is 0.416. The van der Waals surface area contributed by atoms with Gasteiger partial charge in [0, 0.05) is 10.0 Å². The Labute approximate surface area is 111 Å². The van der Waals surface area contributed by atoms with Crippen LogP contribution in [-0.4, -0.2) is 15.1 Å². The first-order valence-electron chi connectivity index (χ1n) is 5.24. The van der Waals surface area contributed by atoms with Crippen LogP contribution in [0.25, 0.3) is 23.0 Å². The molecule has 0 N–H and O–H groups in total. The van der Waals surface area contributed by atoms with Crippen molar-refractivity contribution >= 4 is 15.9 Å². The second-order valence-corrected chi connectivity index (χ2v) is 4.62. The van der Waals surface area contributed by atoms with Gasteiger partial charge in [0.05, 0.1) is 5.69 Å². The zero-order valence-electron chi connectivity index (χ0n) is 9.42. The van der Waals surface area contributed by atoms with E-state index in [9.17, 15) is 0 Å². The highest BCUT2D eigenvalue weighted by Crippen LogP contribution is 2.25. The number of nitrogens with zero attached hydrogens (tertiary/aromatic N) is 3. The molecule has 2 aromatic heterocycles. The van der Waals surface area contributed by atoms with Crippen LogP contribution < -0.4 is 0 Å². The smallest absolute Gasteiger partial charge is 0.295 e. The molecule has 1 aromatic carbocycles. The van der Waals surface area contributed by atoms with Gasteiger partial charge < -0.3 is 8.94 Å². The third-order valence-electron chi connectivity index (χ3n) is 2.45. The Morgan fingerprint density at radius 3 is 2.89 bits per heavy atom. The number of benzene rings is 1. The summed E-state index contributed by atoms with van der Waals surface area (Å²) in [6.07, 6.45) is 1.35. The van der Waals surface area contributed by atoms with Gasteiger partial charge in [-0.15, -0.1) is 0 Å². The second kappa shape index (κ2) is 4.38. The van der Waals surface area contributed by atoms with Crippen LogP contribution >= 0.6 is 15.9 Å². The van der Waals surface area contributed by atoms with Crippen molar-refractivity contribution in [3.05, 3.63) is 40.8 Å². The van der Waals surface area contributed by atoms with E-state index in [0.29, 0.717) is 17.5 Å². The lowest BCUT2D eigenvalue weighted by Gasteiger charge is -1.93. The van der Waals surface area contributed by atoms with Gasteiger partial charge in [0.25, 0.3) is 5.89 Å². The molecule has 0 atom stereocenters. The molecule has 90 valence electrons. The van der Waals surface area contributed by atoms with Gasteiger partial charge in [0.15, 0.2) is 6.39 Å². The highest BCUT2D eigenvalue weighted by molar-refractivity contribution is 9.10. The summed E-state index contributed by atoms with van der Waals surface area (Å²) in [4.78, 5) is 8.28. The summed E-state index contributed by atoms with van der Waals surface area (Å²) in [7, 11) is 0. The first-order chi connectivity index (χ1) is 8.74. The van der Waals surface area contributed by atoms with E-state index in [1.54, 1.807) is 0 Å². The van der Waals surface area contributed by atoms with Crippen molar-refractivity contribution in [2.75, 3.05) is 0 Å². The van der Waals surface area contributed by atoms with Gasteiger partial charge >= 0.3 is 0 Å². The third-order valence-corrected chi connectivity index (χ3v) is 2.94. The van der Waals surface area contributed by atoms with Crippen LogP contribution in [0.3, 0.4) is 0 Å². The molecule has 2 heterocycles. The summed E-state index contributed by atoms with van der Waals surface area (Å²) in [6, 6.07) is 7.68. The van der Waals surface area contributed by atoms with Gasteiger partial charge in [-0.25, -0.2) is 4.98 Å². The molecule has 0 aliphatic rings. The lowest BCUT2D eigenvalue weighted by Crippen LogP contribution is -1.81. The molecular weight excluding hydrogens is 298 g/mol. The molecule has 0 radical (unpaired) electrons. The fourth-order valence-corrected chi connectivity index (χ4v) is 1.97. The topological polar surface area (TPSA) is 65.0 Å². The highest BCUT2D eigenvalue weighted by atomic mass is 79.9. The van der Waals surface area contributed by atoms with Crippen molar-refractivity contribution in [3.63, 3.8) is 0 Å². The SMILES string of the molecule is Cc1ncoc1-c1nc(-c2cccc(Br)c2)no1. The first-order valence-corrected chi connectivity index (χ1v) is 6.03. The summed E-state index contributed by atoms with van der Waals surface area (Å²) in [5.74, 6) is 1.35. The van der Waals surface area contributed by atoms with E-state index in [-0.39, 0.29) is 0 Å². The molecule has 6 heteroatoms. The molecule has 0 unspecified atom stereocenters. The zero-order valence-corrected chi connectivity index (χ0v) is 11.0. The first kappa shape index (κ1) is 11.2. The van der Waals surface area contributed by atoms with E-state index in [1.165, 1.54) is 6.39 Å². The average molecular weight is 306 g/mol. The van der Waals surface area contributed by atoms with E-state index in [4.69, 9.17) is 8.94 Å². The van der Waals surface area contributed by atoms with Crippen molar-refractivity contribution < 1.29 is 8.94 Å². The van der Waals surface area contributed by atoms with E-state index in [2.05, 4.69) is 31.1 Å². The maximum atomic E-state index is 5.21. The summed E-state index contributed by atoms with van der Waals surface area (Å²) < 4.78 is 11.3. The van der Waals surface area contributed by atoms with Gasteiger partial charge in [-0.05, 0) is 19.1 Å². The Morgan fingerprint density at radius 1 is 1.28 bits per heavy atom. The molecule has 0 aliphatic carbocycles. The Balaban J connectivity index is 2.02. The minimum Gasteiger partial charge on any atom is -0.438 e. The van der Waals surface area contributed by atoms with Crippen LogP contribution in [0.5, 0.6) is 0 Å². The van der Waals surface area contributed by atoms with Gasteiger partial charge in [0.2, 0.25) is 11.6 Å². The number of hydrogen-bond acceptors (Lipinski definition) is 5. The molecule has 0 aliphatic heterocycles. The molecular formula is C12H8BrN3O2. The standard InChI is InChI=1S/C12H8BrN3O2/c1-7-10(17-6-14-7)12-15-11(16-18-12)8-3-2-4-9(13)5-8/h2-6H,1H3. The molecule has 3 rings (SSSR count). The normalized spacial score (nSPS) is 10.8. The van der Waals surface area contributed by atoms with Crippen molar-refractivity contribution in [1.82, 2.24) is 15.1 Å². The maximum Gasteiger partial charge on any atom is 0.295 e. The largest absolute Gasteiger partial charge is 0.438 e. The Hall–Kier alpha value is -1.95. The molecule has 5 nitrogen and oxygen atoms in total. The molecule has 0 fully saturated rings. The van der Waals surface area contributed by atoms with E-state index in [0.717, 1.165) is 15.7 Å². The number of hydrogen-bond donors (Lipinski definition) is 0. The van der Waals surface area contributed by atoms with Crippen LogP contribution in [0.4, 0.5) is 0 Å². The number of aryl methyl sites for hydroxylation is 1. The molecule has 0 spiro atoms. The number of rotatable bonds is 2. The van der Waals surface area contributed by atoms with E-state index >= 15 is 0 Å². The fourth-order valence-electron chi connectivity index (χ4n) is 1.57.